The average molecular weight is 305 g/mol. The fourth-order valence-corrected chi connectivity index (χ4v) is 2.65. The summed E-state index contributed by atoms with van der Waals surface area (Å²) in [6.45, 7) is 6.85. The van der Waals surface area contributed by atoms with Crippen LogP contribution in [0.2, 0.25) is 0 Å². The number of hydrogen-bond acceptors (Lipinski definition) is 5. The number of benzene rings is 1. The number of ether oxygens (including phenoxy) is 1. The number of nitrogens with one attached hydrogen (secondary N) is 1. The first-order valence-corrected chi connectivity index (χ1v) is 7.86. The average Bonchev–Trinajstić information content (AvgIpc) is 2.84. The topological polar surface area (TPSA) is 63.1 Å². The van der Waals surface area contributed by atoms with E-state index >= 15 is 0 Å². The Kier molecular flexibility index (Phi) is 5.38. The third-order valence-corrected chi connectivity index (χ3v) is 3.74. The van der Waals surface area contributed by atoms with Crippen molar-refractivity contribution >= 4 is 29.1 Å². The van der Waals surface area contributed by atoms with E-state index in [1.54, 1.807) is 6.21 Å². The number of amidine groups is 1. The number of rotatable bonds is 5. The summed E-state index contributed by atoms with van der Waals surface area (Å²) >= 11 is 1.36. The first-order chi connectivity index (χ1) is 10.1. The van der Waals surface area contributed by atoms with Gasteiger partial charge in [0.15, 0.2) is 5.17 Å². The fourth-order valence-electron chi connectivity index (χ4n) is 2.02. The molecule has 1 amide bonds. The molecule has 1 N–H and O–H groups in total. The Bertz CT molecular complexity index is 574. The second-order valence-corrected chi connectivity index (χ2v) is 5.78. The molecular formula is C15H19N3O2S. The van der Waals surface area contributed by atoms with Gasteiger partial charge >= 0.3 is 0 Å². The molecule has 1 fully saturated rings. The predicted octanol–water partition coefficient (Wildman–Crippen LogP) is 2.65. The van der Waals surface area contributed by atoms with Gasteiger partial charge < -0.3 is 10.1 Å². The largest absolute Gasteiger partial charge is 0.493 e. The van der Waals surface area contributed by atoms with Gasteiger partial charge in [-0.3, -0.25) is 4.79 Å². The van der Waals surface area contributed by atoms with Crippen LogP contribution in [-0.2, 0) is 4.79 Å². The van der Waals surface area contributed by atoms with Crippen LogP contribution in [0.25, 0.3) is 0 Å². The van der Waals surface area contributed by atoms with Crippen LogP contribution in [0.15, 0.2) is 22.3 Å². The van der Waals surface area contributed by atoms with E-state index < -0.39 is 0 Å². The molecular weight excluding hydrogens is 286 g/mol. The summed E-state index contributed by atoms with van der Waals surface area (Å²) in [5, 5.41) is 11.2. The molecule has 1 heterocycles. The summed E-state index contributed by atoms with van der Waals surface area (Å²) in [4.78, 5) is 11.0. The number of hydrogen-bond donors (Lipinski definition) is 1. The minimum Gasteiger partial charge on any atom is -0.493 e. The Balaban J connectivity index is 2.09. The molecule has 0 bridgehead atoms. The van der Waals surface area contributed by atoms with Crippen molar-refractivity contribution in [1.82, 2.24) is 5.32 Å². The van der Waals surface area contributed by atoms with Crippen molar-refractivity contribution in [1.29, 1.82) is 0 Å². The van der Waals surface area contributed by atoms with Gasteiger partial charge in [-0.05, 0) is 49.1 Å². The number of carbonyl (C=O) groups is 1. The Hall–Kier alpha value is -1.82. The van der Waals surface area contributed by atoms with Crippen LogP contribution in [-0.4, -0.2) is 29.6 Å². The third-order valence-electron chi connectivity index (χ3n) is 2.87. The smallest absolute Gasteiger partial charge is 0.236 e. The molecule has 2 rings (SSSR count). The number of amides is 1. The third kappa shape index (κ3) is 4.32. The summed E-state index contributed by atoms with van der Waals surface area (Å²) in [6, 6.07) is 4.03. The highest BCUT2D eigenvalue weighted by Gasteiger charge is 2.15. The minimum absolute atomic E-state index is 0.0296. The van der Waals surface area contributed by atoms with Gasteiger partial charge in [0.25, 0.3) is 0 Å². The second-order valence-electron chi connectivity index (χ2n) is 4.82. The van der Waals surface area contributed by atoms with Crippen molar-refractivity contribution < 1.29 is 9.53 Å². The standard InChI is InChI=1S/C15H19N3O2S/c1-4-5-20-14-10(2)6-12(7-11(14)3)8-16-18-15-17-13(19)9-21-15/h6-8H,4-5,9H2,1-3H3,(H,17,18,19). The molecule has 0 saturated carbocycles. The minimum atomic E-state index is -0.0296. The Morgan fingerprint density at radius 1 is 1.38 bits per heavy atom. The maximum atomic E-state index is 11.0. The molecule has 0 radical (unpaired) electrons. The first kappa shape index (κ1) is 15.6. The Labute approximate surface area is 128 Å². The van der Waals surface area contributed by atoms with E-state index in [9.17, 15) is 4.79 Å². The predicted molar refractivity (Wildman–Crippen MR) is 87.3 cm³/mol. The summed E-state index contributed by atoms with van der Waals surface area (Å²) in [5.74, 6) is 1.33. The number of aryl methyl sites for hydroxylation is 2. The Morgan fingerprint density at radius 2 is 2.10 bits per heavy atom. The SMILES string of the molecule is CCCOc1c(C)cc(C=NN=C2NC(=O)CS2)cc1C. The number of thioether (sulfide) groups is 1. The van der Waals surface area contributed by atoms with Crippen molar-refractivity contribution in [2.45, 2.75) is 27.2 Å². The van der Waals surface area contributed by atoms with E-state index in [-0.39, 0.29) is 5.91 Å². The molecule has 6 heteroatoms. The van der Waals surface area contributed by atoms with Crippen LogP contribution in [0.1, 0.15) is 30.0 Å². The van der Waals surface area contributed by atoms with Gasteiger partial charge in [0.05, 0.1) is 18.6 Å². The van der Waals surface area contributed by atoms with Gasteiger partial charge in [-0.1, -0.05) is 18.7 Å². The lowest BCUT2D eigenvalue weighted by molar-refractivity contribution is -0.116. The van der Waals surface area contributed by atoms with Crippen molar-refractivity contribution in [2.24, 2.45) is 10.2 Å². The maximum absolute atomic E-state index is 11.0. The first-order valence-electron chi connectivity index (χ1n) is 6.88. The van der Waals surface area contributed by atoms with Gasteiger partial charge in [-0.2, -0.15) is 5.10 Å². The summed E-state index contributed by atoms with van der Waals surface area (Å²) in [7, 11) is 0. The molecule has 0 aromatic heterocycles. The van der Waals surface area contributed by atoms with Crippen LogP contribution < -0.4 is 10.1 Å². The number of carbonyl (C=O) groups excluding carboxylic acids is 1. The van der Waals surface area contributed by atoms with Crippen LogP contribution >= 0.6 is 11.8 Å². The zero-order chi connectivity index (χ0) is 15.2. The van der Waals surface area contributed by atoms with Crippen molar-refractivity contribution in [3.8, 4) is 5.75 Å². The highest BCUT2D eigenvalue weighted by atomic mass is 32.2. The van der Waals surface area contributed by atoms with Gasteiger partial charge in [0, 0.05) is 0 Å². The normalized spacial score (nSPS) is 16.7. The van der Waals surface area contributed by atoms with Crippen molar-refractivity contribution in [3.63, 3.8) is 0 Å². The molecule has 0 atom stereocenters. The van der Waals surface area contributed by atoms with Crippen LogP contribution in [0.4, 0.5) is 0 Å². The monoisotopic (exact) mass is 305 g/mol. The van der Waals surface area contributed by atoms with Gasteiger partial charge in [-0.25, -0.2) is 0 Å². The molecule has 1 aromatic rings. The molecule has 21 heavy (non-hydrogen) atoms. The van der Waals surface area contributed by atoms with Crippen molar-refractivity contribution in [3.05, 3.63) is 28.8 Å². The van der Waals surface area contributed by atoms with Gasteiger partial charge in [0.2, 0.25) is 5.91 Å². The lowest BCUT2D eigenvalue weighted by Crippen LogP contribution is -2.19. The van der Waals surface area contributed by atoms with Gasteiger partial charge in [-0.15, -0.1) is 5.10 Å². The molecule has 1 saturated heterocycles. The second kappa shape index (κ2) is 7.26. The molecule has 1 aromatic carbocycles. The highest BCUT2D eigenvalue weighted by Crippen LogP contribution is 2.24. The maximum Gasteiger partial charge on any atom is 0.236 e. The molecule has 0 unspecified atom stereocenters. The van der Waals surface area contributed by atoms with E-state index in [2.05, 4.69) is 22.4 Å². The molecule has 1 aliphatic rings. The molecule has 5 nitrogen and oxygen atoms in total. The molecule has 112 valence electrons. The van der Waals surface area contributed by atoms with E-state index in [1.807, 2.05) is 26.0 Å². The summed E-state index contributed by atoms with van der Waals surface area (Å²) in [5.41, 5.74) is 3.13. The molecule has 0 aliphatic carbocycles. The van der Waals surface area contributed by atoms with Crippen molar-refractivity contribution in [2.75, 3.05) is 12.4 Å². The molecule has 1 aliphatic heterocycles. The van der Waals surface area contributed by atoms with E-state index in [4.69, 9.17) is 4.74 Å². The quantitative estimate of drug-likeness (QED) is 0.672. The zero-order valence-electron chi connectivity index (χ0n) is 12.5. The zero-order valence-corrected chi connectivity index (χ0v) is 13.3. The van der Waals surface area contributed by atoms with E-state index in [0.717, 1.165) is 35.5 Å². The van der Waals surface area contributed by atoms with Crippen LogP contribution in [0.5, 0.6) is 5.75 Å². The van der Waals surface area contributed by atoms with Crippen LogP contribution in [0.3, 0.4) is 0 Å². The lowest BCUT2D eigenvalue weighted by Gasteiger charge is -2.12. The summed E-state index contributed by atoms with van der Waals surface area (Å²) in [6.07, 6.45) is 2.67. The summed E-state index contributed by atoms with van der Waals surface area (Å²) < 4.78 is 5.75. The molecule has 0 spiro atoms. The Morgan fingerprint density at radius 3 is 2.67 bits per heavy atom. The highest BCUT2D eigenvalue weighted by molar-refractivity contribution is 8.15. The van der Waals surface area contributed by atoms with Gasteiger partial charge in [0.1, 0.15) is 5.75 Å². The number of nitrogens with zero attached hydrogens (tertiary/aromatic N) is 2. The van der Waals surface area contributed by atoms with E-state index in [0.29, 0.717) is 10.9 Å². The fraction of sp³-hybridized carbons (Fsp3) is 0.400. The lowest BCUT2D eigenvalue weighted by atomic mass is 10.1. The van der Waals surface area contributed by atoms with Crippen LogP contribution in [0, 0.1) is 13.8 Å². The van der Waals surface area contributed by atoms with E-state index in [1.165, 1.54) is 11.8 Å².